The van der Waals surface area contributed by atoms with Crippen molar-refractivity contribution in [1.29, 1.82) is 0 Å². The van der Waals surface area contributed by atoms with Gasteiger partial charge in [0.25, 0.3) is 0 Å². The molecule has 0 heterocycles. The Kier molecular flexibility index (Phi) is 3.92. The monoisotopic (exact) mass is 256 g/mol. The summed E-state index contributed by atoms with van der Waals surface area (Å²) in [6.45, 7) is 2.02. The summed E-state index contributed by atoms with van der Waals surface area (Å²) in [4.78, 5) is 0. The van der Waals surface area contributed by atoms with Crippen LogP contribution in [0, 0.1) is 19.3 Å². The molecule has 2 aromatic rings. The van der Waals surface area contributed by atoms with E-state index in [2.05, 4.69) is 5.92 Å². The molecule has 0 aliphatic rings. The fourth-order valence-electron chi connectivity index (χ4n) is 1.66. The van der Waals surface area contributed by atoms with Crippen molar-refractivity contribution in [1.82, 2.24) is 0 Å². The van der Waals surface area contributed by atoms with Gasteiger partial charge in [0.1, 0.15) is 11.5 Å². The smallest absolute Gasteiger partial charge is 0.146 e. The van der Waals surface area contributed by atoms with E-state index in [9.17, 15) is 0 Å². The van der Waals surface area contributed by atoms with Crippen LogP contribution in [0.15, 0.2) is 42.5 Å². The van der Waals surface area contributed by atoms with Gasteiger partial charge in [-0.25, -0.2) is 0 Å². The standard InChI is InChI=1S/C16H13ClO/c1-3-5-13-8-9-15(17)16(11-13)18-14-7-4-6-12(2)10-14/h1,4,6-11H,5H2,2H3. The summed E-state index contributed by atoms with van der Waals surface area (Å²) in [6.07, 6.45) is 5.87. The summed E-state index contributed by atoms with van der Waals surface area (Å²) in [5.74, 6) is 4.01. The van der Waals surface area contributed by atoms with Crippen molar-refractivity contribution in [2.24, 2.45) is 0 Å². The van der Waals surface area contributed by atoms with Crippen LogP contribution in [-0.4, -0.2) is 0 Å². The van der Waals surface area contributed by atoms with E-state index in [0.29, 0.717) is 17.2 Å². The number of benzene rings is 2. The Morgan fingerprint density at radius 2 is 2.06 bits per heavy atom. The first-order valence-corrected chi connectivity index (χ1v) is 6.03. The van der Waals surface area contributed by atoms with Gasteiger partial charge in [0, 0.05) is 6.42 Å². The molecule has 0 amide bonds. The highest BCUT2D eigenvalue weighted by Gasteiger charge is 2.04. The van der Waals surface area contributed by atoms with Crippen LogP contribution >= 0.6 is 11.6 Å². The lowest BCUT2D eigenvalue weighted by molar-refractivity contribution is 0.482. The second-order valence-electron chi connectivity index (χ2n) is 4.06. The molecular formula is C16H13ClO. The molecule has 2 heteroatoms. The van der Waals surface area contributed by atoms with Gasteiger partial charge in [-0.3, -0.25) is 0 Å². The quantitative estimate of drug-likeness (QED) is 0.729. The Balaban J connectivity index is 2.28. The number of halogens is 1. The molecule has 2 aromatic carbocycles. The van der Waals surface area contributed by atoms with E-state index in [0.717, 1.165) is 16.9 Å². The molecular weight excluding hydrogens is 244 g/mol. The maximum Gasteiger partial charge on any atom is 0.146 e. The first-order valence-electron chi connectivity index (χ1n) is 5.65. The van der Waals surface area contributed by atoms with Gasteiger partial charge in [-0.15, -0.1) is 12.3 Å². The summed E-state index contributed by atoms with van der Waals surface area (Å²) in [6, 6.07) is 13.4. The van der Waals surface area contributed by atoms with Crippen LogP contribution in [0.2, 0.25) is 5.02 Å². The van der Waals surface area contributed by atoms with Crippen LogP contribution in [0.5, 0.6) is 11.5 Å². The van der Waals surface area contributed by atoms with Gasteiger partial charge in [-0.2, -0.15) is 0 Å². The van der Waals surface area contributed by atoms with Crippen LogP contribution in [0.1, 0.15) is 11.1 Å². The molecule has 0 bridgehead atoms. The highest BCUT2D eigenvalue weighted by atomic mass is 35.5. The molecule has 0 fully saturated rings. The van der Waals surface area contributed by atoms with Gasteiger partial charge < -0.3 is 4.74 Å². The average molecular weight is 257 g/mol. The van der Waals surface area contributed by atoms with E-state index in [1.807, 2.05) is 43.3 Å². The molecule has 0 radical (unpaired) electrons. The van der Waals surface area contributed by atoms with E-state index in [1.165, 1.54) is 0 Å². The normalized spacial score (nSPS) is 9.83. The molecule has 0 atom stereocenters. The van der Waals surface area contributed by atoms with Gasteiger partial charge in [0.05, 0.1) is 5.02 Å². The van der Waals surface area contributed by atoms with E-state index >= 15 is 0 Å². The molecule has 0 aromatic heterocycles. The fourth-order valence-corrected chi connectivity index (χ4v) is 1.82. The van der Waals surface area contributed by atoms with Gasteiger partial charge in [-0.1, -0.05) is 29.8 Å². The van der Waals surface area contributed by atoms with Crippen LogP contribution in [0.4, 0.5) is 0 Å². The minimum atomic E-state index is 0.571. The zero-order chi connectivity index (χ0) is 13.0. The summed E-state index contributed by atoms with van der Waals surface area (Å²) in [5, 5.41) is 0.581. The summed E-state index contributed by atoms with van der Waals surface area (Å²) in [5.41, 5.74) is 2.16. The highest BCUT2D eigenvalue weighted by Crippen LogP contribution is 2.30. The second-order valence-corrected chi connectivity index (χ2v) is 4.47. The SMILES string of the molecule is C#CCc1ccc(Cl)c(Oc2cccc(C)c2)c1. The summed E-state index contributed by atoms with van der Waals surface area (Å²) in [7, 11) is 0. The van der Waals surface area contributed by atoms with Crippen LogP contribution < -0.4 is 4.74 Å². The summed E-state index contributed by atoms with van der Waals surface area (Å²) < 4.78 is 5.78. The Morgan fingerprint density at radius 3 is 2.78 bits per heavy atom. The fraction of sp³-hybridized carbons (Fsp3) is 0.125. The first kappa shape index (κ1) is 12.5. The molecule has 18 heavy (non-hydrogen) atoms. The first-order chi connectivity index (χ1) is 8.69. The molecule has 0 unspecified atom stereocenters. The molecule has 1 nitrogen and oxygen atoms in total. The van der Waals surface area contributed by atoms with E-state index in [-0.39, 0.29) is 0 Å². The average Bonchev–Trinajstić information content (AvgIpc) is 2.34. The van der Waals surface area contributed by atoms with E-state index in [4.69, 9.17) is 22.8 Å². The largest absolute Gasteiger partial charge is 0.456 e. The Labute approximate surface area is 112 Å². The van der Waals surface area contributed by atoms with Gasteiger partial charge in [-0.05, 0) is 42.3 Å². The molecule has 0 saturated heterocycles. The van der Waals surface area contributed by atoms with E-state index in [1.54, 1.807) is 6.07 Å². The number of rotatable bonds is 3. The van der Waals surface area contributed by atoms with Gasteiger partial charge in [0.15, 0.2) is 0 Å². The van der Waals surface area contributed by atoms with Crippen LogP contribution in [0.25, 0.3) is 0 Å². The minimum Gasteiger partial charge on any atom is -0.456 e. The van der Waals surface area contributed by atoms with Crippen molar-refractivity contribution >= 4 is 11.6 Å². The van der Waals surface area contributed by atoms with Crippen molar-refractivity contribution < 1.29 is 4.74 Å². The van der Waals surface area contributed by atoms with Crippen molar-refractivity contribution in [2.45, 2.75) is 13.3 Å². The lowest BCUT2D eigenvalue weighted by atomic mass is 10.1. The zero-order valence-corrected chi connectivity index (χ0v) is 10.9. The molecule has 0 spiro atoms. The number of hydrogen-bond donors (Lipinski definition) is 0. The Morgan fingerprint density at radius 1 is 1.22 bits per heavy atom. The maximum absolute atomic E-state index is 6.11. The lowest BCUT2D eigenvalue weighted by Crippen LogP contribution is -1.88. The third-order valence-corrected chi connectivity index (χ3v) is 2.83. The van der Waals surface area contributed by atoms with Crippen molar-refractivity contribution in [3.05, 3.63) is 58.6 Å². The molecule has 2 rings (SSSR count). The van der Waals surface area contributed by atoms with Crippen molar-refractivity contribution in [3.8, 4) is 23.8 Å². The molecule has 0 aliphatic heterocycles. The lowest BCUT2D eigenvalue weighted by Gasteiger charge is -2.09. The number of ether oxygens (including phenoxy) is 1. The predicted molar refractivity (Wildman–Crippen MR) is 75.2 cm³/mol. The van der Waals surface area contributed by atoms with E-state index < -0.39 is 0 Å². The number of aryl methyl sites for hydroxylation is 1. The molecule has 0 saturated carbocycles. The van der Waals surface area contributed by atoms with Crippen molar-refractivity contribution in [2.75, 3.05) is 0 Å². The number of hydrogen-bond acceptors (Lipinski definition) is 1. The summed E-state index contributed by atoms with van der Waals surface area (Å²) >= 11 is 6.11. The van der Waals surface area contributed by atoms with Crippen molar-refractivity contribution in [3.63, 3.8) is 0 Å². The van der Waals surface area contributed by atoms with Crippen LogP contribution in [-0.2, 0) is 6.42 Å². The second kappa shape index (κ2) is 5.62. The molecule has 0 aliphatic carbocycles. The maximum atomic E-state index is 6.11. The molecule has 0 N–H and O–H groups in total. The zero-order valence-electron chi connectivity index (χ0n) is 10.1. The molecule has 90 valence electrons. The Bertz CT molecular complexity index is 596. The predicted octanol–water partition coefficient (Wildman–Crippen LogP) is 4.62. The topological polar surface area (TPSA) is 9.23 Å². The minimum absolute atomic E-state index is 0.571. The van der Waals surface area contributed by atoms with Gasteiger partial charge >= 0.3 is 0 Å². The third-order valence-electron chi connectivity index (χ3n) is 2.52. The Hall–Kier alpha value is -1.91. The van der Waals surface area contributed by atoms with Crippen LogP contribution in [0.3, 0.4) is 0 Å². The highest BCUT2D eigenvalue weighted by molar-refractivity contribution is 6.32. The van der Waals surface area contributed by atoms with Gasteiger partial charge in [0.2, 0.25) is 0 Å². The number of terminal acetylenes is 1. The third kappa shape index (κ3) is 3.06.